The van der Waals surface area contributed by atoms with E-state index in [0.717, 1.165) is 10.6 Å². The maximum absolute atomic E-state index is 12.7. The van der Waals surface area contributed by atoms with Crippen molar-refractivity contribution in [2.45, 2.75) is 18.8 Å². The average molecular weight is 483 g/mol. The molecular formula is C26H22N6O4. The highest BCUT2D eigenvalue weighted by atomic mass is 16.7. The molecule has 2 aliphatic heterocycles. The number of carbonyl (C=O) groups is 2. The summed E-state index contributed by atoms with van der Waals surface area (Å²) >= 11 is 0. The van der Waals surface area contributed by atoms with Crippen LogP contribution in [0.2, 0.25) is 0 Å². The summed E-state index contributed by atoms with van der Waals surface area (Å²) in [5.41, 5.74) is 8.73. The molecule has 36 heavy (non-hydrogen) atoms. The Balaban J connectivity index is 1.25. The molecule has 4 heterocycles. The topological polar surface area (TPSA) is 125 Å². The molecule has 10 heteroatoms. The van der Waals surface area contributed by atoms with E-state index in [9.17, 15) is 9.59 Å². The molecule has 1 fully saturated rings. The molecule has 3 atom stereocenters. The summed E-state index contributed by atoms with van der Waals surface area (Å²) < 4.78 is 8.18. The van der Waals surface area contributed by atoms with Gasteiger partial charge >= 0.3 is 0 Å². The molecule has 0 spiro atoms. The number of fused-ring (bicyclic) bond motifs is 2. The van der Waals surface area contributed by atoms with Gasteiger partial charge in [-0.05, 0) is 17.7 Å². The lowest BCUT2D eigenvalue weighted by Crippen LogP contribution is -2.34. The number of nitrogens with zero attached hydrogens (tertiary/aromatic N) is 5. The minimum absolute atomic E-state index is 0.00944. The van der Waals surface area contributed by atoms with Crippen LogP contribution in [0.3, 0.4) is 0 Å². The second-order valence-electron chi connectivity index (χ2n) is 8.63. The number of imidazole rings is 1. The van der Waals surface area contributed by atoms with Crippen molar-refractivity contribution in [3.05, 3.63) is 90.0 Å². The minimum Gasteiger partial charge on any atom is -0.382 e. The predicted molar refractivity (Wildman–Crippen MR) is 130 cm³/mol. The van der Waals surface area contributed by atoms with Gasteiger partial charge in [-0.2, -0.15) is 0 Å². The van der Waals surface area contributed by atoms with Crippen molar-refractivity contribution in [1.29, 1.82) is 0 Å². The van der Waals surface area contributed by atoms with Gasteiger partial charge in [-0.15, -0.1) is 5.06 Å². The quantitative estimate of drug-likeness (QED) is 0.415. The van der Waals surface area contributed by atoms with Crippen molar-refractivity contribution in [3.63, 3.8) is 0 Å². The van der Waals surface area contributed by atoms with Gasteiger partial charge in [-0.25, -0.2) is 15.0 Å². The van der Waals surface area contributed by atoms with Gasteiger partial charge in [0, 0.05) is 12.3 Å². The summed E-state index contributed by atoms with van der Waals surface area (Å²) in [6, 6.07) is 16.6. The van der Waals surface area contributed by atoms with Gasteiger partial charge in [0.15, 0.2) is 11.5 Å². The summed E-state index contributed by atoms with van der Waals surface area (Å²) in [5.74, 6) is -0.728. The molecule has 4 aromatic rings. The Bertz CT molecular complexity index is 1450. The van der Waals surface area contributed by atoms with Gasteiger partial charge in [0.25, 0.3) is 11.8 Å². The van der Waals surface area contributed by atoms with Crippen molar-refractivity contribution in [3.8, 4) is 0 Å². The highest BCUT2D eigenvalue weighted by Crippen LogP contribution is 2.37. The number of aromatic nitrogens is 4. The largest absolute Gasteiger partial charge is 0.382 e. The molecule has 2 amide bonds. The van der Waals surface area contributed by atoms with E-state index < -0.39 is 24.1 Å². The Kier molecular flexibility index (Phi) is 5.51. The highest BCUT2D eigenvalue weighted by molar-refractivity contribution is 6.20. The predicted octanol–water partition coefficient (Wildman–Crippen LogP) is 3.25. The first-order valence-electron chi connectivity index (χ1n) is 11.5. The van der Waals surface area contributed by atoms with Gasteiger partial charge in [0.05, 0.1) is 23.6 Å². The first kappa shape index (κ1) is 22.1. The number of rotatable bonds is 6. The number of nitrogens with two attached hydrogens (primary N) is 1. The Hall–Kier alpha value is -4.41. The van der Waals surface area contributed by atoms with Gasteiger partial charge in [-0.3, -0.25) is 19.0 Å². The molecule has 1 unspecified atom stereocenters. The Labute approximate surface area is 205 Å². The third-order valence-electron chi connectivity index (χ3n) is 6.44. The van der Waals surface area contributed by atoms with E-state index in [2.05, 4.69) is 21.0 Å². The molecule has 2 N–H and O–H groups in total. The number of imide groups is 1. The standard InChI is InChI=1S/C26H22N6O4/c27-23-22-24(29-14-28-23)31(15-30-22)21-12-17(11-10-16-6-2-1-3-7-16)20(36-21)13-35-32-25(33)18-8-4-5-9-19(18)26(32)34/h1-11,14-15,17,20-21H,12-13H2,(H2,27,28,29)/t17?,20-,21-/m1/s1. The van der Waals surface area contributed by atoms with Crippen LogP contribution in [0.5, 0.6) is 0 Å². The fourth-order valence-electron chi connectivity index (χ4n) is 4.60. The summed E-state index contributed by atoms with van der Waals surface area (Å²) in [5, 5.41) is 0.819. The number of hydrogen-bond acceptors (Lipinski definition) is 8. The van der Waals surface area contributed by atoms with Crippen LogP contribution >= 0.6 is 0 Å². The number of hydrogen-bond donors (Lipinski definition) is 1. The number of ether oxygens (including phenoxy) is 1. The second-order valence-corrected chi connectivity index (χ2v) is 8.63. The van der Waals surface area contributed by atoms with Crippen molar-refractivity contribution >= 4 is 34.9 Å². The molecule has 6 rings (SSSR count). The summed E-state index contributed by atoms with van der Waals surface area (Å²) in [6.07, 6.45) is 6.88. The second kappa shape index (κ2) is 8.99. The van der Waals surface area contributed by atoms with E-state index in [1.165, 1.54) is 6.33 Å². The highest BCUT2D eigenvalue weighted by Gasteiger charge is 2.40. The molecule has 10 nitrogen and oxygen atoms in total. The van der Waals surface area contributed by atoms with E-state index in [4.69, 9.17) is 15.3 Å². The number of anilines is 1. The zero-order chi connectivity index (χ0) is 24.6. The lowest BCUT2D eigenvalue weighted by Gasteiger charge is -2.20. The monoisotopic (exact) mass is 482 g/mol. The molecule has 2 aliphatic rings. The Morgan fingerprint density at radius 2 is 1.72 bits per heavy atom. The number of carbonyl (C=O) groups excluding carboxylic acids is 2. The van der Waals surface area contributed by atoms with Crippen LogP contribution in [0.1, 0.15) is 38.9 Å². The maximum atomic E-state index is 12.7. The molecule has 2 aromatic carbocycles. The molecule has 0 radical (unpaired) electrons. The average Bonchev–Trinajstić information content (AvgIpc) is 3.58. The number of benzene rings is 2. The lowest BCUT2D eigenvalue weighted by atomic mass is 9.99. The van der Waals surface area contributed by atoms with E-state index in [-0.39, 0.29) is 12.5 Å². The van der Waals surface area contributed by atoms with Gasteiger partial charge in [-0.1, -0.05) is 54.6 Å². The lowest BCUT2D eigenvalue weighted by molar-refractivity contribution is -0.133. The van der Waals surface area contributed by atoms with Crippen LogP contribution in [0.4, 0.5) is 5.82 Å². The minimum atomic E-state index is -0.477. The Morgan fingerprint density at radius 1 is 1.00 bits per heavy atom. The van der Waals surface area contributed by atoms with Crippen molar-refractivity contribution in [1.82, 2.24) is 24.6 Å². The fourth-order valence-corrected chi connectivity index (χ4v) is 4.60. The zero-order valence-corrected chi connectivity index (χ0v) is 19.1. The van der Waals surface area contributed by atoms with Crippen molar-refractivity contribution in [2.75, 3.05) is 12.3 Å². The summed E-state index contributed by atoms with van der Waals surface area (Å²) in [4.78, 5) is 43.9. The van der Waals surface area contributed by atoms with Gasteiger partial charge in [0.1, 0.15) is 24.7 Å². The van der Waals surface area contributed by atoms with E-state index in [1.54, 1.807) is 30.6 Å². The van der Waals surface area contributed by atoms with Crippen molar-refractivity contribution < 1.29 is 19.2 Å². The Morgan fingerprint density at radius 3 is 2.47 bits per heavy atom. The summed E-state index contributed by atoms with van der Waals surface area (Å²) in [6.45, 7) is 0.00944. The van der Waals surface area contributed by atoms with Crippen LogP contribution in [0.25, 0.3) is 17.2 Å². The normalized spacial score (nSPS) is 21.7. The SMILES string of the molecule is Nc1ncnc2c1ncn2[C@H]1CC(C=Cc2ccccc2)[C@@H](CON2C(=O)c3ccccc3C2=O)O1. The molecule has 0 saturated carbocycles. The third kappa shape index (κ3) is 3.82. The van der Waals surface area contributed by atoms with Gasteiger partial charge in [0.2, 0.25) is 0 Å². The van der Waals surface area contributed by atoms with Crippen LogP contribution in [-0.4, -0.2) is 49.1 Å². The first-order chi connectivity index (χ1) is 17.6. The van der Waals surface area contributed by atoms with Crippen LogP contribution in [0, 0.1) is 5.92 Å². The van der Waals surface area contributed by atoms with Gasteiger partial charge < -0.3 is 10.5 Å². The maximum Gasteiger partial charge on any atom is 0.285 e. The zero-order valence-electron chi connectivity index (χ0n) is 19.1. The van der Waals surface area contributed by atoms with Crippen LogP contribution < -0.4 is 5.73 Å². The number of hydroxylamine groups is 2. The molecule has 180 valence electrons. The van der Waals surface area contributed by atoms with E-state index >= 15 is 0 Å². The molecule has 1 saturated heterocycles. The molecule has 0 aliphatic carbocycles. The van der Waals surface area contributed by atoms with Crippen LogP contribution in [0.15, 0.2) is 73.3 Å². The van der Waals surface area contributed by atoms with Crippen LogP contribution in [-0.2, 0) is 9.57 Å². The summed E-state index contributed by atoms with van der Waals surface area (Å²) in [7, 11) is 0. The van der Waals surface area contributed by atoms with Crippen molar-refractivity contribution in [2.24, 2.45) is 5.92 Å². The number of nitrogen functional groups attached to an aromatic ring is 1. The fraction of sp³-hybridized carbons (Fsp3) is 0.192. The molecule has 0 bridgehead atoms. The molecular weight excluding hydrogens is 460 g/mol. The number of amides is 2. The molecule has 2 aromatic heterocycles. The third-order valence-corrected chi connectivity index (χ3v) is 6.44. The van der Waals surface area contributed by atoms with E-state index in [0.29, 0.717) is 34.5 Å². The smallest absolute Gasteiger partial charge is 0.285 e. The van der Waals surface area contributed by atoms with E-state index in [1.807, 2.05) is 41.0 Å². The first-order valence-corrected chi connectivity index (χ1v) is 11.5.